The topological polar surface area (TPSA) is 119 Å². The molecular formula is C23H18N6O3. The quantitative estimate of drug-likeness (QED) is 0.418. The number of hydrogen-bond donors (Lipinski definition) is 2. The van der Waals surface area contributed by atoms with Crippen molar-refractivity contribution in [3.63, 3.8) is 0 Å². The van der Waals surface area contributed by atoms with Gasteiger partial charge in [0.15, 0.2) is 0 Å². The van der Waals surface area contributed by atoms with E-state index in [1.165, 1.54) is 7.11 Å². The number of benzene rings is 3. The Hall–Kier alpha value is -4.53. The van der Waals surface area contributed by atoms with Crippen LogP contribution >= 0.6 is 0 Å². The number of nitrogens with zero attached hydrogens (tertiary/aromatic N) is 4. The molecule has 0 radical (unpaired) electrons. The van der Waals surface area contributed by atoms with Gasteiger partial charge >= 0.3 is 11.7 Å². The molecule has 5 aromatic rings. The number of ether oxygens (including phenoxy) is 1. The van der Waals surface area contributed by atoms with E-state index in [9.17, 15) is 9.59 Å². The SMILES string of the molecule is [11CH3]OC(=O)c1cccc2[nH]c(=O)n(Cc3ccc(-c4ccccc4-c4nn[nH]n4)cc3)c12. The summed E-state index contributed by atoms with van der Waals surface area (Å²) >= 11 is 0. The molecule has 0 saturated carbocycles. The van der Waals surface area contributed by atoms with E-state index < -0.39 is 5.97 Å². The predicted octanol–water partition coefficient (Wildman–Crippen LogP) is 3.01. The van der Waals surface area contributed by atoms with E-state index in [2.05, 4.69) is 25.6 Å². The van der Waals surface area contributed by atoms with Crippen LogP contribution in [0.1, 0.15) is 15.9 Å². The molecule has 9 heteroatoms. The molecule has 0 aliphatic rings. The molecule has 3 aromatic carbocycles. The Morgan fingerprint density at radius 3 is 2.50 bits per heavy atom. The zero-order valence-electron chi connectivity index (χ0n) is 17.1. The second-order valence-corrected chi connectivity index (χ2v) is 7.19. The zero-order chi connectivity index (χ0) is 22.1. The summed E-state index contributed by atoms with van der Waals surface area (Å²) in [5.74, 6) is 0.0298. The molecule has 0 spiro atoms. The van der Waals surface area contributed by atoms with Crippen molar-refractivity contribution in [2.75, 3.05) is 7.11 Å². The smallest absolute Gasteiger partial charge is 0.340 e. The van der Waals surface area contributed by atoms with Gasteiger partial charge in [0.1, 0.15) is 0 Å². The van der Waals surface area contributed by atoms with Crippen molar-refractivity contribution in [1.29, 1.82) is 0 Å². The minimum Gasteiger partial charge on any atom is -0.465 e. The van der Waals surface area contributed by atoms with E-state index in [1.807, 2.05) is 48.5 Å². The van der Waals surface area contributed by atoms with E-state index in [-0.39, 0.29) is 5.69 Å². The first kappa shape index (κ1) is 19.4. The van der Waals surface area contributed by atoms with Crippen LogP contribution in [0.5, 0.6) is 0 Å². The molecule has 158 valence electrons. The van der Waals surface area contributed by atoms with Crippen LogP contribution in [0.4, 0.5) is 0 Å². The minimum absolute atomic E-state index is 0.289. The maximum atomic E-state index is 12.6. The lowest BCUT2D eigenvalue weighted by Gasteiger charge is -2.10. The van der Waals surface area contributed by atoms with Gasteiger partial charge in [0.05, 0.1) is 30.3 Å². The largest absolute Gasteiger partial charge is 0.465 e. The summed E-state index contributed by atoms with van der Waals surface area (Å²) in [4.78, 5) is 27.6. The molecule has 0 unspecified atom stereocenters. The fourth-order valence-corrected chi connectivity index (χ4v) is 3.82. The van der Waals surface area contributed by atoms with Gasteiger partial charge in [-0.2, -0.15) is 5.21 Å². The lowest BCUT2D eigenvalue weighted by atomic mass is 9.98. The van der Waals surface area contributed by atoms with E-state index in [0.29, 0.717) is 29.0 Å². The maximum Gasteiger partial charge on any atom is 0.340 e. The van der Waals surface area contributed by atoms with Gasteiger partial charge in [-0.05, 0) is 34.0 Å². The number of aromatic amines is 2. The van der Waals surface area contributed by atoms with Gasteiger partial charge in [0, 0.05) is 5.56 Å². The van der Waals surface area contributed by atoms with Crippen LogP contribution in [0.25, 0.3) is 33.5 Å². The third kappa shape index (κ3) is 3.35. The molecule has 9 nitrogen and oxygen atoms in total. The fourth-order valence-electron chi connectivity index (χ4n) is 3.82. The van der Waals surface area contributed by atoms with E-state index in [0.717, 1.165) is 22.3 Å². The van der Waals surface area contributed by atoms with E-state index in [4.69, 9.17) is 4.74 Å². The first-order valence-corrected chi connectivity index (χ1v) is 9.87. The summed E-state index contributed by atoms with van der Waals surface area (Å²) in [5, 5.41) is 14.3. The summed E-state index contributed by atoms with van der Waals surface area (Å²) in [5.41, 5.74) is 4.89. The monoisotopic (exact) mass is 425 g/mol. The molecule has 32 heavy (non-hydrogen) atoms. The Kier molecular flexibility index (Phi) is 4.83. The zero-order valence-corrected chi connectivity index (χ0v) is 17.1. The molecule has 2 aromatic heterocycles. The summed E-state index contributed by atoms with van der Waals surface area (Å²) < 4.78 is 6.43. The Morgan fingerprint density at radius 1 is 1.00 bits per heavy atom. The van der Waals surface area contributed by atoms with Gasteiger partial charge in [-0.1, -0.05) is 54.6 Å². The van der Waals surface area contributed by atoms with Crippen LogP contribution in [0.15, 0.2) is 71.5 Å². The number of fused-ring (bicyclic) bond motifs is 1. The standard InChI is InChI=1S/C23H18N6O3/c1-32-22(30)18-7-4-8-19-20(18)29(23(31)24-19)13-14-9-11-15(12-10-14)16-5-2-3-6-17(16)21-25-27-28-26-21/h2-12H,13H2,1H3,(H,24,31)(H,25,26,27,28)/i1-1. The average molecular weight is 425 g/mol. The number of hydrogen-bond acceptors (Lipinski definition) is 6. The number of carbonyl (C=O) groups excluding carboxylic acids is 1. The van der Waals surface area contributed by atoms with Gasteiger partial charge in [-0.25, -0.2) is 9.59 Å². The number of aromatic nitrogens is 6. The summed E-state index contributed by atoms with van der Waals surface area (Å²) in [6.07, 6.45) is 0. The number of tetrazole rings is 1. The van der Waals surface area contributed by atoms with Crippen molar-refractivity contribution < 1.29 is 9.53 Å². The highest BCUT2D eigenvalue weighted by atomic mass is 16.5. The number of methoxy groups -OCH3 is 1. The molecule has 0 saturated heterocycles. The average Bonchev–Trinajstić information content (AvgIpc) is 3.47. The Labute approximate surface area is 181 Å². The van der Waals surface area contributed by atoms with Crippen molar-refractivity contribution in [2.45, 2.75) is 6.54 Å². The number of esters is 1. The lowest BCUT2D eigenvalue weighted by Crippen LogP contribution is -2.18. The highest BCUT2D eigenvalue weighted by Gasteiger charge is 2.17. The highest BCUT2D eigenvalue weighted by molar-refractivity contribution is 6.02. The van der Waals surface area contributed by atoms with Crippen molar-refractivity contribution in [3.8, 4) is 22.5 Å². The predicted molar refractivity (Wildman–Crippen MR) is 118 cm³/mol. The number of carbonyl (C=O) groups is 1. The lowest BCUT2D eigenvalue weighted by molar-refractivity contribution is 0.0602. The normalized spacial score (nSPS) is 11.0. The summed E-state index contributed by atoms with van der Waals surface area (Å²) in [6, 6.07) is 20.8. The van der Waals surface area contributed by atoms with Gasteiger partial charge in [-0.3, -0.25) is 4.57 Å². The number of para-hydroxylation sites is 1. The number of nitrogens with one attached hydrogen (secondary N) is 2. The van der Waals surface area contributed by atoms with Crippen LogP contribution in [0.2, 0.25) is 0 Å². The second kappa shape index (κ2) is 7.95. The molecule has 2 heterocycles. The summed E-state index contributed by atoms with van der Waals surface area (Å²) in [7, 11) is 1.32. The molecule has 0 aliphatic heterocycles. The molecule has 0 aliphatic carbocycles. The third-order valence-electron chi connectivity index (χ3n) is 5.32. The van der Waals surface area contributed by atoms with E-state index >= 15 is 0 Å². The van der Waals surface area contributed by atoms with Crippen molar-refractivity contribution in [2.24, 2.45) is 0 Å². The third-order valence-corrected chi connectivity index (χ3v) is 5.32. The van der Waals surface area contributed by atoms with Crippen molar-refractivity contribution >= 4 is 17.0 Å². The number of H-pyrrole nitrogens is 2. The van der Waals surface area contributed by atoms with Crippen LogP contribution < -0.4 is 5.69 Å². The summed E-state index contributed by atoms with van der Waals surface area (Å²) in [6.45, 7) is 0.305. The van der Waals surface area contributed by atoms with Gasteiger partial charge in [-0.15, -0.1) is 10.2 Å². The van der Waals surface area contributed by atoms with Crippen LogP contribution in [0, 0.1) is 0 Å². The molecule has 2 N–H and O–H groups in total. The number of imidazole rings is 1. The van der Waals surface area contributed by atoms with Crippen LogP contribution in [-0.4, -0.2) is 43.3 Å². The van der Waals surface area contributed by atoms with Crippen LogP contribution in [0.3, 0.4) is 0 Å². The maximum absolute atomic E-state index is 12.6. The van der Waals surface area contributed by atoms with Gasteiger partial charge in [0.2, 0.25) is 5.82 Å². The van der Waals surface area contributed by atoms with Gasteiger partial charge in [0.25, 0.3) is 0 Å². The Morgan fingerprint density at radius 2 is 1.78 bits per heavy atom. The second-order valence-electron chi connectivity index (χ2n) is 7.19. The van der Waals surface area contributed by atoms with Gasteiger partial charge < -0.3 is 9.72 Å². The number of rotatable bonds is 5. The first-order valence-electron chi connectivity index (χ1n) is 9.87. The Bertz CT molecular complexity index is 1470. The molecule has 0 atom stereocenters. The molecule has 0 amide bonds. The van der Waals surface area contributed by atoms with Crippen molar-refractivity contribution in [3.05, 3.63) is 88.3 Å². The Balaban J connectivity index is 1.51. The highest BCUT2D eigenvalue weighted by Crippen LogP contribution is 2.30. The fraction of sp³-hybridized carbons (Fsp3) is 0.0870. The first-order chi connectivity index (χ1) is 15.7. The molecular weight excluding hydrogens is 407 g/mol. The van der Waals surface area contributed by atoms with Crippen LogP contribution in [-0.2, 0) is 11.3 Å². The van der Waals surface area contributed by atoms with Crippen molar-refractivity contribution in [1.82, 2.24) is 30.2 Å². The minimum atomic E-state index is -0.489. The molecule has 0 fully saturated rings. The molecule has 0 bridgehead atoms. The van der Waals surface area contributed by atoms with E-state index in [1.54, 1.807) is 22.8 Å². The molecule has 5 rings (SSSR count).